The minimum absolute atomic E-state index is 0.214. The summed E-state index contributed by atoms with van der Waals surface area (Å²) in [7, 11) is 0. The summed E-state index contributed by atoms with van der Waals surface area (Å²) >= 11 is 2.71. The van der Waals surface area contributed by atoms with Gasteiger partial charge in [-0.25, -0.2) is 0 Å². The molecule has 0 aromatic carbocycles. The molecule has 0 spiro atoms. The molecule has 0 fully saturated rings. The molecule has 0 saturated heterocycles. The number of nitrogens with zero attached hydrogens (tertiary/aromatic N) is 3. The molecule has 10 heteroatoms. The van der Waals surface area contributed by atoms with E-state index in [0.29, 0.717) is 0 Å². The molecular formula is C7HBrF3N3O3. The predicted octanol–water partition coefficient (Wildman–Crippen LogP) is 2.52. The van der Waals surface area contributed by atoms with E-state index in [2.05, 4.69) is 25.7 Å². The fourth-order valence-electron chi connectivity index (χ4n) is 0.858. The van der Waals surface area contributed by atoms with Gasteiger partial charge >= 0.3 is 18.1 Å². The van der Waals surface area contributed by atoms with E-state index in [-0.39, 0.29) is 4.47 Å². The van der Waals surface area contributed by atoms with Gasteiger partial charge in [-0.3, -0.25) is 0 Å². The molecule has 0 aliphatic heterocycles. The number of pyridine rings is 1. The van der Waals surface area contributed by atoms with Crippen LogP contribution in [0.15, 0.2) is 10.5 Å². The van der Waals surface area contributed by atoms with Gasteiger partial charge in [0.15, 0.2) is 0 Å². The molecule has 17 heavy (non-hydrogen) atoms. The number of hydrogen-bond donors (Lipinski definition) is 0. The third-order valence-electron chi connectivity index (χ3n) is 1.43. The molecule has 0 atom stereocenters. The SMILES string of the molecule is N#Cc1cc(Br)c([N+](=O)[O-])nc1OC(F)(F)F. The Balaban J connectivity index is 3.33. The third kappa shape index (κ3) is 3.28. The van der Waals surface area contributed by atoms with Crippen LogP contribution in [0.5, 0.6) is 5.88 Å². The van der Waals surface area contributed by atoms with Crippen LogP contribution < -0.4 is 4.74 Å². The zero-order valence-electron chi connectivity index (χ0n) is 7.66. The standard InChI is InChI=1S/C7HBrF3N3O3/c8-4-1-3(2-12)6(17-7(9,10)11)13-5(4)14(15)16/h1H. The van der Waals surface area contributed by atoms with Crippen LogP contribution in [0.25, 0.3) is 0 Å². The van der Waals surface area contributed by atoms with E-state index >= 15 is 0 Å². The molecule has 1 rings (SSSR count). The second kappa shape index (κ2) is 4.54. The van der Waals surface area contributed by atoms with Crippen molar-refractivity contribution >= 4 is 21.7 Å². The van der Waals surface area contributed by atoms with Gasteiger partial charge in [0, 0.05) is 4.98 Å². The van der Waals surface area contributed by atoms with E-state index < -0.39 is 28.5 Å². The molecule has 1 aromatic rings. The van der Waals surface area contributed by atoms with Crippen molar-refractivity contribution in [1.82, 2.24) is 4.98 Å². The molecule has 6 nitrogen and oxygen atoms in total. The highest BCUT2D eigenvalue weighted by molar-refractivity contribution is 9.10. The summed E-state index contributed by atoms with van der Waals surface area (Å²) in [5.41, 5.74) is -0.570. The normalized spacial score (nSPS) is 10.8. The zero-order chi connectivity index (χ0) is 13.2. The Morgan fingerprint density at radius 2 is 2.18 bits per heavy atom. The summed E-state index contributed by atoms with van der Waals surface area (Å²) in [6.45, 7) is 0. The van der Waals surface area contributed by atoms with Crippen LogP contribution in [0.4, 0.5) is 19.0 Å². The number of rotatable bonds is 2. The molecule has 0 N–H and O–H groups in total. The lowest BCUT2D eigenvalue weighted by Crippen LogP contribution is -2.19. The molecule has 0 aliphatic rings. The summed E-state index contributed by atoms with van der Waals surface area (Å²) in [6, 6.07) is 2.21. The molecule has 0 radical (unpaired) electrons. The van der Waals surface area contributed by atoms with Gasteiger partial charge in [0.1, 0.15) is 16.1 Å². The molecule has 0 aliphatic carbocycles. The summed E-state index contributed by atoms with van der Waals surface area (Å²) < 4.78 is 39.0. The van der Waals surface area contributed by atoms with Gasteiger partial charge in [0.05, 0.1) is 0 Å². The first-order valence-corrected chi connectivity index (χ1v) is 4.54. The molecule has 0 saturated carbocycles. The molecular weight excluding hydrogens is 311 g/mol. The Morgan fingerprint density at radius 1 is 1.59 bits per heavy atom. The van der Waals surface area contributed by atoms with Crippen molar-refractivity contribution in [1.29, 1.82) is 5.26 Å². The Bertz CT molecular complexity index is 512. The van der Waals surface area contributed by atoms with Crippen molar-refractivity contribution in [2.24, 2.45) is 0 Å². The van der Waals surface area contributed by atoms with Gasteiger partial charge in [-0.2, -0.15) is 5.26 Å². The Morgan fingerprint density at radius 3 is 2.59 bits per heavy atom. The minimum Gasteiger partial charge on any atom is -0.365 e. The number of alkyl halides is 3. The lowest BCUT2D eigenvalue weighted by atomic mass is 10.3. The molecule has 90 valence electrons. The van der Waals surface area contributed by atoms with E-state index in [1.54, 1.807) is 0 Å². The second-order valence-electron chi connectivity index (χ2n) is 2.56. The zero-order valence-corrected chi connectivity index (χ0v) is 9.24. The monoisotopic (exact) mass is 311 g/mol. The van der Waals surface area contributed by atoms with Gasteiger partial charge in [-0.15, -0.1) is 13.2 Å². The lowest BCUT2D eigenvalue weighted by molar-refractivity contribution is -0.390. The van der Waals surface area contributed by atoms with E-state index in [4.69, 9.17) is 5.26 Å². The first-order valence-electron chi connectivity index (χ1n) is 3.75. The maximum atomic E-state index is 11.9. The average molecular weight is 312 g/mol. The second-order valence-corrected chi connectivity index (χ2v) is 3.42. The number of nitro groups is 1. The lowest BCUT2D eigenvalue weighted by Gasteiger charge is -2.06. The average Bonchev–Trinajstić information content (AvgIpc) is 2.17. The van der Waals surface area contributed by atoms with Crippen LogP contribution in [0, 0.1) is 21.4 Å². The van der Waals surface area contributed by atoms with Crippen molar-refractivity contribution in [3.63, 3.8) is 0 Å². The predicted molar refractivity (Wildman–Crippen MR) is 50.0 cm³/mol. The van der Waals surface area contributed by atoms with E-state index in [0.717, 1.165) is 6.07 Å². The molecule has 0 bridgehead atoms. The Labute approximate surface area is 99.9 Å². The Kier molecular flexibility index (Phi) is 3.52. The fraction of sp³-hybridized carbons (Fsp3) is 0.143. The van der Waals surface area contributed by atoms with Crippen molar-refractivity contribution < 1.29 is 22.8 Å². The van der Waals surface area contributed by atoms with Crippen LogP contribution in [0.2, 0.25) is 0 Å². The first-order chi connectivity index (χ1) is 7.74. The van der Waals surface area contributed by atoms with Gasteiger partial charge in [0.25, 0.3) is 0 Å². The molecule has 0 amide bonds. The highest BCUT2D eigenvalue weighted by atomic mass is 79.9. The van der Waals surface area contributed by atoms with Gasteiger partial charge < -0.3 is 14.9 Å². The number of aromatic nitrogens is 1. The summed E-state index contributed by atoms with van der Waals surface area (Å²) in [6.07, 6.45) is -5.08. The molecule has 0 unspecified atom stereocenters. The Hall–Kier alpha value is -1.89. The van der Waals surface area contributed by atoms with Crippen molar-refractivity contribution in [2.75, 3.05) is 0 Å². The smallest absolute Gasteiger partial charge is 0.365 e. The van der Waals surface area contributed by atoms with Crippen molar-refractivity contribution in [3.8, 4) is 11.9 Å². The van der Waals surface area contributed by atoms with E-state index in [9.17, 15) is 23.3 Å². The largest absolute Gasteiger partial charge is 0.575 e. The van der Waals surface area contributed by atoms with E-state index in [1.165, 1.54) is 6.07 Å². The highest BCUT2D eigenvalue weighted by Gasteiger charge is 2.36. The summed E-state index contributed by atoms with van der Waals surface area (Å²) in [5.74, 6) is -2.03. The topological polar surface area (TPSA) is 89.0 Å². The van der Waals surface area contributed by atoms with Crippen LogP contribution in [0.1, 0.15) is 5.56 Å². The number of hydrogen-bond acceptors (Lipinski definition) is 5. The van der Waals surface area contributed by atoms with Crippen LogP contribution in [-0.2, 0) is 0 Å². The number of ether oxygens (including phenoxy) is 1. The van der Waals surface area contributed by atoms with Crippen LogP contribution >= 0.6 is 15.9 Å². The quantitative estimate of drug-likeness (QED) is 0.618. The fourth-order valence-corrected chi connectivity index (χ4v) is 1.32. The maximum absolute atomic E-state index is 11.9. The van der Waals surface area contributed by atoms with Crippen LogP contribution in [-0.4, -0.2) is 16.3 Å². The first kappa shape index (κ1) is 13.2. The van der Waals surface area contributed by atoms with Crippen molar-refractivity contribution in [2.45, 2.75) is 6.36 Å². The van der Waals surface area contributed by atoms with Gasteiger partial charge in [-0.1, -0.05) is 0 Å². The highest BCUT2D eigenvalue weighted by Crippen LogP contribution is 2.31. The summed E-state index contributed by atoms with van der Waals surface area (Å²) in [4.78, 5) is 12.4. The van der Waals surface area contributed by atoms with E-state index in [1.807, 2.05) is 0 Å². The third-order valence-corrected chi connectivity index (χ3v) is 2.01. The minimum atomic E-state index is -5.08. The molecule has 1 aromatic heterocycles. The van der Waals surface area contributed by atoms with Gasteiger partial charge in [-0.05, 0) is 26.9 Å². The maximum Gasteiger partial charge on any atom is 0.575 e. The van der Waals surface area contributed by atoms with Gasteiger partial charge in [0.2, 0.25) is 0 Å². The number of halogens is 4. The van der Waals surface area contributed by atoms with Crippen molar-refractivity contribution in [3.05, 3.63) is 26.2 Å². The molecule has 1 heterocycles. The van der Waals surface area contributed by atoms with Crippen LogP contribution in [0.3, 0.4) is 0 Å². The number of nitriles is 1. The summed E-state index contributed by atoms with van der Waals surface area (Å²) in [5, 5.41) is 19.0.